The zero-order valence-corrected chi connectivity index (χ0v) is 10.3. The maximum Gasteiger partial charge on any atom is 0.254 e. The van der Waals surface area contributed by atoms with E-state index in [2.05, 4.69) is 15.6 Å². The number of carbonyl (C=O) groups excluding carboxylic acids is 1. The predicted molar refractivity (Wildman–Crippen MR) is 65.3 cm³/mol. The van der Waals surface area contributed by atoms with Gasteiger partial charge in [0.2, 0.25) is 0 Å². The number of carbonyl (C=O) groups is 1. The van der Waals surface area contributed by atoms with Gasteiger partial charge in [0.1, 0.15) is 11.6 Å². The van der Waals surface area contributed by atoms with Crippen LogP contribution in [0.3, 0.4) is 0 Å². The maximum atomic E-state index is 13.6. The Kier molecular flexibility index (Phi) is 4.07. The molecule has 0 bridgehead atoms. The lowest BCUT2D eigenvalue weighted by atomic mass is 10.2. The lowest BCUT2D eigenvalue weighted by Crippen LogP contribution is -2.28. The van der Waals surface area contributed by atoms with E-state index in [1.165, 1.54) is 25.3 Å². The molecule has 0 unspecified atom stereocenters. The lowest BCUT2D eigenvalue weighted by molar-refractivity contribution is 0.0948. The molecule has 0 saturated heterocycles. The van der Waals surface area contributed by atoms with Gasteiger partial charge in [-0.3, -0.25) is 9.48 Å². The summed E-state index contributed by atoms with van der Waals surface area (Å²) in [7, 11) is 1.44. The average Bonchev–Trinajstić information content (AvgIpc) is 2.91. The Morgan fingerprint density at radius 3 is 3.00 bits per heavy atom. The number of rotatable bonds is 5. The molecule has 100 valence electrons. The van der Waals surface area contributed by atoms with E-state index in [-0.39, 0.29) is 5.56 Å². The van der Waals surface area contributed by atoms with Crippen molar-refractivity contribution in [3.63, 3.8) is 0 Å². The van der Waals surface area contributed by atoms with Crippen LogP contribution in [0.4, 0.5) is 4.39 Å². The molecule has 1 amide bonds. The quantitative estimate of drug-likeness (QED) is 0.869. The summed E-state index contributed by atoms with van der Waals surface area (Å²) in [6.45, 7) is 0.817. The number of amides is 1. The van der Waals surface area contributed by atoms with Crippen molar-refractivity contribution in [3.05, 3.63) is 42.0 Å². The van der Waals surface area contributed by atoms with Gasteiger partial charge in [0, 0.05) is 18.8 Å². The number of hydrogen-bond acceptors (Lipinski definition) is 4. The molecule has 0 radical (unpaired) electrons. The minimum absolute atomic E-state index is 0.0145. The third kappa shape index (κ3) is 3.27. The van der Waals surface area contributed by atoms with Gasteiger partial charge in [0.25, 0.3) is 5.91 Å². The van der Waals surface area contributed by atoms with E-state index in [9.17, 15) is 9.18 Å². The Bertz CT molecular complexity index is 557. The Labute approximate surface area is 109 Å². The number of benzene rings is 1. The summed E-state index contributed by atoms with van der Waals surface area (Å²) in [6, 6.07) is 4.10. The van der Waals surface area contributed by atoms with Crippen molar-refractivity contribution in [2.75, 3.05) is 13.7 Å². The highest BCUT2D eigenvalue weighted by molar-refractivity contribution is 5.94. The molecule has 7 heteroatoms. The second-order valence-electron chi connectivity index (χ2n) is 3.77. The van der Waals surface area contributed by atoms with Gasteiger partial charge in [-0.1, -0.05) is 5.21 Å². The van der Waals surface area contributed by atoms with Crippen LogP contribution in [0.2, 0.25) is 0 Å². The third-order valence-electron chi connectivity index (χ3n) is 2.52. The van der Waals surface area contributed by atoms with Gasteiger partial charge in [-0.2, -0.15) is 0 Å². The molecule has 0 atom stereocenters. The molecule has 1 heterocycles. The molecule has 0 aliphatic heterocycles. The zero-order chi connectivity index (χ0) is 13.7. The summed E-state index contributed by atoms with van der Waals surface area (Å²) < 4.78 is 20.1. The molecule has 0 fully saturated rings. The predicted octanol–water partition coefficient (Wildman–Crippen LogP) is 0.856. The molecule has 19 heavy (non-hydrogen) atoms. The van der Waals surface area contributed by atoms with Crippen LogP contribution in [0, 0.1) is 5.82 Å². The number of ether oxygens (including phenoxy) is 1. The van der Waals surface area contributed by atoms with Crippen LogP contribution < -0.4 is 10.1 Å². The maximum absolute atomic E-state index is 13.6. The highest BCUT2D eigenvalue weighted by Crippen LogP contribution is 2.15. The summed E-state index contributed by atoms with van der Waals surface area (Å²) >= 11 is 0. The van der Waals surface area contributed by atoms with Gasteiger partial charge in [-0.25, -0.2) is 4.39 Å². The summed E-state index contributed by atoms with van der Waals surface area (Å²) in [5.74, 6) is -0.713. The van der Waals surface area contributed by atoms with Crippen molar-refractivity contribution in [2.24, 2.45) is 0 Å². The summed E-state index contributed by atoms with van der Waals surface area (Å²) in [5.41, 5.74) is -0.0145. The van der Waals surface area contributed by atoms with Gasteiger partial charge >= 0.3 is 0 Å². The molecule has 2 rings (SSSR count). The normalized spacial score (nSPS) is 10.2. The number of methoxy groups -OCH3 is 1. The zero-order valence-electron chi connectivity index (χ0n) is 10.3. The Hall–Kier alpha value is -2.44. The topological polar surface area (TPSA) is 69.0 Å². The molecule has 1 aromatic carbocycles. The summed E-state index contributed by atoms with van der Waals surface area (Å²) in [5, 5.41) is 10.00. The van der Waals surface area contributed by atoms with E-state index in [1.807, 2.05) is 0 Å². The molecule has 0 aliphatic rings. The van der Waals surface area contributed by atoms with Crippen LogP contribution in [0.1, 0.15) is 10.4 Å². The van der Waals surface area contributed by atoms with Gasteiger partial charge < -0.3 is 10.1 Å². The van der Waals surface area contributed by atoms with Crippen molar-refractivity contribution in [1.29, 1.82) is 0 Å². The van der Waals surface area contributed by atoms with Crippen LogP contribution in [-0.4, -0.2) is 34.6 Å². The monoisotopic (exact) mass is 264 g/mol. The first kappa shape index (κ1) is 13.0. The first-order chi connectivity index (χ1) is 9.20. The van der Waals surface area contributed by atoms with E-state index < -0.39 is 11.7 Å². The minimum atomic E-state index is -0.613. The standard InChI is InChI=1S/C12H13FN4O2/c1-19-9-2-3-10(11(13)8-9)12(18)14-4-6-17-7-5-15-16-17/h2-3,5,7-8H,4,6H2,1H3,(H,14,18). The van der Waals surface area contributed by atoms with Crippen LogP contribution in [-0.2, 0) is 6.54 Å². The van der Waals surface area contributed by atoms with E-state index in [0.717, 1.165) is 0 Å². The molecule has 2 aromatic rings. The Morgan fingerprint density at radius 1 is 1.53 bits per heavy atom. The van der Waals surface area contributed by atoms with Gasteiger partial charge in [0.05, 0.1) is 25.4 Å². The molecule has 6 nitrogen and oxygen atoms in total. The lowest BCUT2D eigenvalue weighted by Gasteiger charge is -2.07. The largest absolute Gasteiger partial charge is 0.497 e. The van der Waals surface area contributed by atoms with Crippen molar-refractivity contribution < 1.29 is 13.9 Å². The highest BCUT2D eigenvalue weighted by atomic mass is 19.1. The molecule has 1 aromatic heterocycles. The first-order valence-electron chi connectivity index (χ1n) is 5.66. The molecule has 0 spiro atoms. The smallest absolute Gasteiger partial charge is 0.254 e. The molecular formula is C12H13FN4O2. The number of nitrogens with one attached hydrogen (secondary N) is 1. The molecular weight excluding hydrogens is 251 g/mol. The van der Waals surface area contributed by atoms with Crippen molar-refractivity contribution in [2.45, 2.75) is 6.54 Å². The highest BCUT2D eigenvalue weighted by Gasteiger charge is 2.11. The van der Waals surface area contributed by atoms with Crippen LogP contribution >= 0.6 is 0 Å². The summed E-state index contributed by atoms with van der Waals surface area (Å²) in [4.78, 5) is 11.8. The van der Waals surface area contributed by atoms with E-state index >= 15 is 0 Å². The summed E-state index contributed by atoms with van der Waals surface area (Å²) in [6.07, 6.45) is 3.23. The number of hydrogen-bond donors (Lipinski definition) is 1. The molecule has 0 aliphatic carbocycles. The Balaban J connectivity index is 1.92. The number of halogens is 1. The SMILES string of the molecule is COc1ccc(C(=O)NCCn2ccnn2)c(F)c1. The molecule has 0 saturated carbocycles. The fourth-order valence-electron chi connectivity index (χ4n) is 1.54. The minimum Gasteiger partial charge on any atom is -0.497 e. The van der Waals surface area contributed by atoms with Crippen molar-refractivity contribution >= 4 is 5.91 Å². The second-order valence-corrected chi connectivity index (χ2v) is 3.77. The fraction of sp³-hybridized carbons (Fsp3) is 0.250. The van der Waals surface area contributed by atoms with Crippen LogP contribution in [0.5, 0.6) is 5.75 Å². The fourth-order valence-corrected chi connectivity index (χ4v) is 1.54. The average molecular weight is 264 g/mol. The van der Waals surface area contributed by atoms with Gasteiger partial charge in [-0.15, -0.1) is 5.10 Å². The second kappa shape index (κ2) is 5.94. The third-order valence-corrected chi connectivity index (χ3v) is 2.52. The van der Waals surface area contributed by atoms with Crippen molar-refractivity contribution in [3.8, 4) is 5.75 Å². The van der Waals surface area contributed by atoms with E-state index in [4.69, 9.17) is 4.74 Å². The van der Waals surface area contributed by atoms with Crippen molar-refractivity contribution in [1.82, 2.24) is 20.3 Å². The van der Waals surface area contributed by atoms with Crippen LogP contribution in [0.25, 0.3) is 0 Å². The van der Waals surface area contributed by atoms with Gasteiger partial charge in [0.15, 0.2) is 0 Å². The van der Waals surface area contributed by atoms with E-state index in [0.29, 0.717) is 18.8 Å². The number of nitrogens with zero attached hydrogens (tertiary/aromatic N) is 3. The number of aromatic nitrogens is 3. The Morgan fingerprint density at radius 2 is 2.37 bits per heavy atom. The van der Waals surface area contributed by atoms with Gasteiger partial charge in [-0.05, 0) is 12.1 Å². The first-order valence-corrected chi connectivity index (χ1v) is 5.66. The van der Waals surface area contributed by atoms with Crippen LogP contribution in [0.15, 0.2) is 30.6 Å². The van der Waals surface area contributed by atoms with E-state index in [1.54, 1.807) is 17.1 Å². The molecule has 1 N–H and O–H groups in total.